The van der Waals surface area contributed by atoms with E-state index in [4.69, 9.17) is 16.6 Å². The van der Waals surface area contributed by atoms with Gasteiger partial charge in [0, 0.05) is 6.42 Å². The quantitative estimate of drug-likeness (QED) is 0.153. The van der Waals surface area contributed by atoms with Crippen molar-refractivity contribution in [1.82, 2.24) is 16.0 Å². The second-order valence-electron chi connectivity index (χ2n) is 8.45. The highest BCUT2D eigenvalue weighted by atomic mass is 16.4. The molecule has 11 heteroatoms. The average Bonchev–Trinajstić information content (AvgIpc) is 2.80. The van der Waals surface area contributed by atoms with E-state index in [0.29, 0.717) is 19.4 Å². The van der Waals surface area contributed by atoms with Crippen LogP contribution in [0.2, 0.25) is 0 Å². The molecular formula is C23H37N5O6. The molecule has 4 atom stereocenters. The molecule has 34 heavy (non-hydrogen) atoms. The van der Waals surface area contributed by atoms with Gasteiger partial charge in [0.1, 0.15) is 18.1 Å². The molecule has 0 heterocycles. The Hall–Kier alpha value is -3.02. The van der Waals surface area contributed by atoms with E-state index in [0.717, 1.165) is 5.56 Å². The summed E-state index contributed by atoms with van der Waals surface area (Å²) in [5.74, 6) is -3.41. The van der Waals surface area contributed by atoms with Gasteiger partial charge in [-0.05, 0) is 37.3 Å². The second-order valence-corrected chi connectivity index (χ2v) is 8.45. The number of hydrogen-bond donors (Lipinski definition) is 7. The molecule has 0 aromatic heterocycles. The molecule has 9 N–H and O–H groups in total. The van der Waals surface area contributed by atoms with Gasteiger partial charge in [0.05, 0.1) is 12.6 Å². The van der Waals surface area contributed by atoms with Crippen molar-refractivity contribution < 1.29 is 29.4 Å². The van der Waals surface area contributed by atoms with E-state index in [9.17, 15) is 24.3 Å². The highest BCUT2D eigenvalue weighted by Crippen LogP contribution is 2.08. The molecule has 0 saturated heterocycles. The summed E-state index contributed by atoms with van der Waals surface area (Å²) in [6, 6.07) is 4.42. The van der Waals surface area contributed by atoms with E-state index in [1.54, 1.807) is 44.2 Å². The number of aliphatic hydroxyl groups is 1. The number of carboxylic acid groups (broad SMARTS) is 1. The molecule has 0 aliphatic heterocycles. The third-order valence-corrected chi connectivity index (χ3v) is 5.31. The van der Waals surface area contributed by atoms with Gasteiger partial charge in [-0.1, -0.05) is 44.2 Å². The van der Waals surface area contributed by atoms with Gasteiger partial charge in [-0.3, -0.25) is 14.4 Å². The highest BCUT2D eigenvalue weighted by molar-refractivity contribution is 5.94. The fourth-order valence-corrected chi connectivity index (χ4v) is 3.12. The summed E-state index contributed by atoms with van der Waals surface area (Å²) in [6.07, 6.45) is 1.56. The standard InChI is InChI=1S/C23H37N5O6/c1-14(2)19(25)22(32)26-16(10-6-7-11-24)20(30)27-17(12-15-8-4-3-5-9-15)21(31)28-18(13-29)23(33)34/h3-5,8-9,14,16-19,29H,6-7,10-13,24-25H2,1-2H3,(H,26,32)(H,27,30)(H,28,31)(H,33,34). The summed E-state index contributed by atoms with van der Waals surface area (Å²) < 4.78 is 0. The topological polar surface area (TPSA) is 197 Å². The second kappa shape index (κ2) is 15.0. The number of carboxylic acids is 1. The Bertz CT molecular complexity index is 804. The van der Waals surface area contributed by atoms with E-state index in [1.807, 2.05) is 0 Å². The number of carbonyl (C=O) groups is 4. The van der Waals surface area contributed by atoms with Crippen molar-refractivity contribution in [3.63, 3.8) is 0 Å². The normalized spacial score (nSPS) is 14.5. The van der Waals surface area contributed by atoms with Crippen LogP contribution in [-0.4, -0.2) is 71.2 Å². The largest absolute Gasteiger partial charge is 0.480 e. The van der Waals surface area contributed by atoms with E-state index in [1.165, 1.54) is 0 Å². The van der Waals surface area contributed by atoms with Gasteiger partial charge in [-0.2, -0.15) is 0 Å². The van der Waals surface area contributed by atoms with Gasteiger partial charge in [0.25, 0.3) is 0 Å². The average molecular weight is 480 g/mol. The summed E-state index contributed by atoms with van der Waals surface area (Å²) in [5.41, 5.74) is 12.2. The molecule has 11 nitrogen and oxygen atoms in total. The number of aliphatic hydroxyl groups excluding tert-OH is 1. The number of rotatable bonds is 15. The Morgan fingerprint density at radius 3 is 1.97 bits per heavy atom. The minimum atomic E-state index is -1.52. The monoisotopic (exact) mass is 479 g/mol. The van der Waals surface area contributed by atoms with Crippen molar-refractivity contribution in [1.29, 1.82) is 0 Å². The van der Waals surface area contributed by atoms with Crippen LogP contribution in [0.5, 0.6) is 0 Å². The molecule has 0 spiro atoms. The van der Waals surface area contributed by atoms with Gasteiger partial charge in [-0.15, -0.1) is 0 Å². The van der Waals surface area contributed by atoms with E-state index < -0.39 is 54.5 Å². The maximum absolute atomic E-state index is 13.1. The van der Waals surface area contributed by atoms with Crippen molar-refractivity contribution in [3.05, 3.63) is 35.9 Å². The van der Waals surface area contributed by atoms with Crippen molar-refractivity contribution in [2.45, 2.75) is 63.7 Å². The van der Waals surface area contributed by atoms with E-state index >= 15 is 0 Å². The van der Waals surface area contributed by atoms with Crippen LogP contribution < -0.4 is 27.4 Å². The van der Waals surface area contributed by atoms with Gasteiger partial charge >= 0.3 is 5.97 Å². The van der Waals surface area contributed by atoms with Crippen LogP contribution in [0, 0.1) is 5.92 Å². The molecule has 190 valence electrons. The van der Waals surface area contributed by atoms with Crippen LogP contribution in [0.25, 0.3) is 0 Å². The van der Waals surface area contributed by atoms with Gasteiger partial charge in [0.2, 0.25) is 17.7 Å². The first kappa shape index (κ1) is 29.0. The number of nitrogens with two attached hydrogens (primary N) is 2. The number of benzene rings is 1. The third-order valence-electron chi connectivity index (χ3n) is 5.31. The Morgan fingerprint density at radius 1 is 0.882 bits per heavy atom. The molecule has 0 fully saturated rings. The molecule has 0 saturated carbocycles. The van der Waals surface area contributed by atoms with Gasteiger partial charge in [0.15, 0.2) is 0 Å². The Balaban J connectivity index is 3.07. The summed E-state index contributed by atoms with van der Waals surface area (Å²) >= 11 is 0. The van der Waals surface area contributed by atoms with Crippen molar-refractivity contribution in [3.8, 4) is 0 Å². The molecule has 4 unspecified atom stereocenters. The van der Waals surface area contributed by atoms with Crippen LogP contribution >= 0.6 is 0 Å². The first-order valence-corrected chi connectivity index (χ1v) is 11.3. The highest BCUT2D eigenvalue weighted by Gasteiger charge is 2.30. The molecule has 3 amide bonds. The van der Waals surface area contributed by atoms with Crippen LogP contribution in [0.3, 0.4) is 0 Å². The predicted molar refractivity (Wildman–Crippen MR) is 126 cm³/mol. The SMILES string of the molecule is CC(C)C(N)C(=O)NC(CCCCN)C(=O)NC(Cc1ccccc1)C(=O)NC(CO)C(=O)O. The lowest BCUT2D eigenvalue weighted by Gasteiger charge is -2.25. The summed E-state index contributed by atoms with van der Waals surface area (Å²) in [7, 11) is 0. The zero-order valence-electron chi connectivity index (χ0n) is 19.7. The van der Waals surface area contributed by atoms with Crippen LogP contribution in [-0.2, 0) is 25.6 Å². The smallest absolute Gasteiger partial charge is 0.328 e. The van der Waals surface area contributed by atoms with Crippen molar-refractivity contribution in [2.24, 2.45) is 17.4 Å². The van der Waals surface area contributed by atoms with Crippen LogP contribution in [0.1, 0.15) is 38.7 Å². The maximum Gasteiger partial charge on any atom is 0.328 e. The molecule has 1 aromatic carbocycles. The van der Waals surface area contributed by atoms with E-state index in [-0.39, 0.29) is 18.8 Å². The van der Waals surface area contributed by atoms with Crippen molar-refractivity contribution >= 4 is 23.7 Å². The van der Waals surface area contributed by atoms with Gasteiger partial charge in [-0.25, -0.2) is 4.79 Å². The molecule has 0 radical (unpaired) electrons. The number of unbranched alkanes of at least 4 members (excludes halogenated alkanes) is 1. The third kappa shape index (κ3) is 9.86. The van der Waals surface area contributed by atoms with Gasteiger partial charge < -0.3 is 37.6 Å². The van der Waals surface area contributed by atoms with Crippen LogP contribution in [0.15, 0.2) is 30.3 Å². The summed E-state index contributed by atoms with van der Waals surface area (Å²) in [6.45, 7) is 3.19. The number of amides is 3. The zero-order valence-corrected chi connectivity index (χ0v) is 19.7. The van der Waals surface area contributed by atoms with E-state index in [2.05, 4.69) is 16.0 Å². The molecule has 1 aromatic rings. The summed E-state index contributed by atoms with van der Waals surface area (Å²) in [5, 5.41) is 25.9. The Labute approximate surface area is 199 Å². The number of nitrogens with one attached hydrogen (secondary N) is 3. The van der Waals surface area contributed by atoms with Crippen molar-refractivity contribution in [2.75, 3.05) is 13.2 Å². The summed E-state index contributed by atoms with van der Waals surface area (Å²) in [4.78, 5) is 49.7. The zero-order chi connectivity index (χ0) is 25.7. The van der Waals surface area contributed by atoms with Crippen LogP contribution in [0.4, 0.5) is 0 Å². The molecule has 1 rings (SSSR count). The lowest BCUT2D eigenvalue weighted by Crippen LogP contribution is -2.58. The molecule has 0 aliphatic rings. The minimum absolute atomic E-state index is 0.0746. The fourth-order valence-electron chi connectivity index (χ4n) is 3.12. The Morgan fingerprint density at radius 2 is 1.44 bits per heavy atom. The lowest BCUT2D eigenvalue weighted by molar-refractivity contribution is -0.143. The minimum Gasteiger partial charge on any atom is -0.480 e. The predicted octanol–water partition coefficient (Wildman–Crippen LogP) is -1.13. The number of carbonyl (C=O) groups excluding carboxylic acids is 3. The number of aliphatic carboxylic acids is 1. The Kier molecular flexibility index (Phi) is 12.8. The fraction of sp³-hybridized carbons (Fsp3) is 0.565. The molecular weight excluding hydrogens is 442 g/mol. The molecule has 0 bridgehead atoms. The number of hydrogen-bond acceptors (Lipinski definition) is 7. The maximum atomic E-state index is 13.1. The lowest BCUT2D eigenvalue weighted by atomic mass is 10.0. The first-order chi connectivity index (χ1) is 16.1. The first-order valence-electron chi connectivity index (χ1n) is 11.3. The molecule has 0 aliphatic carbocycles.